The fourth-order valence-electron chi connectivity index (χ4n) is 10.0. The summed E-state index contributed by atoms with van der Waals surface area (Å²) in [6.07, 6.45) is 9.77. The first kappa shape index (κ1) is 39.5. The number of hydrogen-bond acceptors (Lipinski definition) is 9. The zero-order valence-corrected chi connectivity index (χ0v) is 33.8. The second kappa shape index (κ2) is 17.3. The number of amides is 3. The quantitative estimate of drug-likeness (QED) is 0.195. The average molecular weight is 784 g/mol. The number of imide groups is 1. The summed E-state index contributed by atoms with van der Waals surface area (Å²) in [4.78, 5) is 45.1. The molecule has 5 aliphatic rings. The van der Waals surface area contributed by atoms with Gasteiger partial charge in [-0.1, -0.05) is 60.7 Å². The van der Waals surface area contributed by atoms with E-state index >= 15 is 0 Å². The fourth-order valence-corrected chi connectivity index (χ4v) is 10.0. The van der Waals surface area contributed by atoms with E-state index in [-0.39, 0.29) is 17.6 Å². The van der Waals surface area contributed by atoms with Gasteiger partial charge in [-0.15, -0.1) is 0 Å². The maximum atomic E-state index is 14.7. The highest BCUT2D eigenvalue weighted by molar-refractivity contribution is 5.97. The topological polar surface area (TPSA) is 122 Å². The van der Waals surface area contributed by atoms with Crippen molar-refractivity contribution < 1.29 is 19.5 Å². The standard InChI is InChI=1S/C42H50N6O2.C5H7NO2/c1-32(26-33-16-21-47(29-33)35-12-6-3-7-13-35)48-30-41(31-48)17-22-46(23-18-41)40(50)42(34-10-4-2-5-11-34)19-24-45(25-20-42)36-27-38(44-43-28-36)37-14-8-9-15-39(37)49;7-4-2-1-3-5(8)6-4/h2-15,27-28,32-33,49H,16-26,29-31H2,1H3;1-3H2,(H,6,7,8)/t32-,33?;/m0./s1. The van der Waals surface area contributed by atoms with Gasteiger partial charge in [0.15, 0.2) is 0 Å². The van der Waals surface area contributed by atoms with Crippen LogP contribution >= 0.6 is 0 Å². The van der Waals surface area contributed by atoms with E-state index < -0.39 is 5.41 Å². The van der Waals surface area contributed by atoms with Crippen molar-refractivity contribution >= 4 is 29.1 Å². The van der Waals surface area contributed by atoms with Gasteiger partial charge >= 0.3 is 0 Å². The molecule has 2 N–H and O–H groups in total. The van der Waals surface area contributed by atoms with Gasteiger partial charge in [-0.05, 0) is 99.1 Å². The smallest absolute Gasteiger partial charge is 0.233 e. The number of hydrogen-bond donors (Lipinski definition) is 2. The van der Waals surface area contributed by atoms with Gasteiger partial charge in [0.25, 0.3) is 0 Å². The largest absolute Gasteiger partial charge is 0.507 e. The lowest BCUT2D eigenvalue weighted by molar-refractivity contribution is -0.144. The summed E-state index contributed by atoms with van der Waals surface area (Å²) >= 11 is 0. The van der Waals surface area contributed by atoms with Crippen molar-refractivity contribution in [3.8, 4) is 17.0 Å². The zero-order valence-electron chi connectivity index (χ0n) is 33.8. The number of nitrogens with zero attached hydrogens (tertiary/aromatic N) is 6. The highest BCUT2D eigenvalue weighted by Crippen LogP contribution is 2.45. The van der Waals surface area contributed by atoms with Gasteiger partial charge in [0, 0.05) is 82.5 Å². The van der Waals surface area contributed by atoms with E-state index in [0.29, 0.717) is 47.9 Å². The predicted molar refractivity (Wildman–Crippen MR) is 226 cm³/mol. The number of para-hydroxylation sites is 2. The van der Waals surface area contributed by atoms with Crippen molar-refractivity contribution in [2.24, 2.45) is 11.3 Å². The molecular formula is C47H57N7O4. The first-order valence-corrected chi connectivity index (χ1v) is 21.3. The lowest BCUT2D eigenvalue weighted by atomic mass is 9.68. The van der Waals surface area contributed by atoms with Gasteiger partial charge in [0.05, 0.1) is 23.0 Å². The Labute approximate surface area is 342 Å². The SMILES string of the molecule is C[C@@H](CC1CCN(c2ccccc2)C1)N1CC2(CCN(C(=O)C3(c4ccccc4)CCN(c4cnnc(-c5ccccc5O)c4)CC3)CC2)C1.O=C1CCCC(=O)N1. The van der Waals surface area contributed by atoms with Crippen LogP contribution in [0.2, 0.25) is 0 Å². The van der Waals surface area contributed by atoms with Crippen LogP contribution < -0.4 is 15.1 Å². The number of benzene rings is 3. The molecule has 2 atom stereocenters. The van der Waals surface area contributed by atoms with Crippen molar-refractivity contribution in [1.29, 1.82) is 0 Å². The van der Waals surface area contributed by atoms with E-state index in [0.717, 1.165) is 69.0 Å². The Morgan fingerprint density at radius 2 is 1.47 bits per heavy atom. The molecule has 3 aromatic carbocycles. The Morgan fingerprint density at radius 1 is 0.810 bits per heavy atom. The van der Waals surface area contributed by atoms with E-state index in [1.165, 1.54) is 44.7 Å². The lowest BCUT2D eigenvalue weighted by Gasteiger charge is -2.57. The van der Waals surface area contributed by atoms with Crippen molar-refractivity contribution in [2.75, 3.05) is 62.2 Å². The third kappa shape index (κ3) is 8.60. The van der Waals surface area contributed by atoms with Gasteiger partial charge in [-0.2, -0.15) is 10.2 Å². The number of aromatic nitrogens is 2. The molecule has 1 spiro atoms. The Kier molecular flexibility index (Phi) is 11.8. The molecule has 11 heteroatoms. The molecule has 0 aliphatic carbocycles. The number of carbonyl (C=O) groups is 3. The molecule has 5 saturated heterocycles. The minimum atomic E-state index is -0.529. The van der Waals surface area contributed by atoms with Crippen molar-refractivity contribution in [3.63, 3.8) is 0 Å². The number of likely N-dealkylation sites (tertiary alicyclic amines) is 2. The van der Waals surface area contributed by atoms with E-state index in [9.17, 15) is 19.5 Å². The Morgan fingerprint density at radius 3 is 2.12 bits per heavy atom. The lowest BCUT2D eigenvalue weighted by Crippen LogP contribution is -2.64. The minimum Gasteiger partial charge on any atom is -0.507 e. The van der Waals surface area contributed by atoms with Crippen LogP contribution in [0.3, 0.4) is 0 Å². The molecule has 58 heavy (non-hydrogen) atoms. The second-order valence-electron chi connectivity index (χ2n) is 17.3. The van der Waals surface area contributed by atoms with Crippen LogP contribution in [-0.2, 0) is 19.8 Å². The molecular weight excluding hydrogens is 727 g/mol. The van der Waals surface area contributed by atoms with E-state index in [4.69, 9.17) is 0 Å². The molecule has 6 heterocycles. The molecule has 0 saturated carbocycles. The van der Waals surface area contributed by atoms with Crippen molar-refractivity contribution in [2.45, 2.75) is 76.2 Å². The van der Waals surface area contributed by atoms with Crippen LogP contribution in [0, 0.1) is 11.3 Å². The summed E-state index contributed by atoms with van der Waals surface area (Å²) in [6.45, 7) is 10.3. The third-order valence-electron chi connectivity index (χ3n) is 13.5. The molecule has 9 rings (SSSR count). The molecule has 4 aromatic rings. The van der Waals surface area contributed by atoms with E-state index in [1.807, 2.05) is 30.3 Å². The molecule has 0 radical (unpaired) electrons. The number of phenolic OH excluding ortho intramolecular Hbond substituents is 1. The highest BCUT2D eigenvalue weighted by atomic mass is 16.3. The average Bonchev–Trinajstić information content (AvgIpc) is 3.72. The van der Waals surface area contributed by atoms with Crippen LogP contribution in [0.1, 0.15) is 70.3 Å². The van der Waals surface area contributed by atoms with Crippen LogP contribution in [0.4, 0.5) is 11.4 Å². The summed E-state index contributed by atoms with van der Waals surface area (Å²) in [6, 6.07) is 31.2. The van der Waals surface area contributed by atoms with Crippen molar-refractivity contribution in [1.82, 2.24) is 25.3 Å². The summed E-state index contributed by atoms with van der Waals surface area (Å²) in [7, 11) is 0. The van der Waals surface area contributed by atoms with Crippen molar-refractivity contribution in [3.05, 3.63) is 103 Å². The summed E-state index contributed by atoms with van der Waals surface area (Å²) in [5, 5.41) is 21.2. The molecule has 1 unspecified atom stereocenters. The van der Waals surface area contributed by atoms with E-state index in [1.54, 1.807) is 12.3 Å². The monoisotopic (exact) mass is 783 g/mol. The van der Waals surface area contributed by atoms with Gasteiger partial charge in [-0.3, -0.25) is 24.6 Å². The van der Waals surface area contributed by atoms with Gasteiger partial charge in [0.1, 0.15) is 5.75 Å². The predicted octanol–water partition coefficient (Wildman–Crippen LogP) is 6.43. The first-order valence-electron chi connectivity index (χ1n) is 21.3. The second-order valence-corrected chi connectivity index (χ2v) is 17.3. The number of aromatic hydroxyl groups is 1. The number of nitrogens with one attached hydrogen (secondary N) is 1. The van der Waals surface area contributed by atoms with Gasteiger partial charge in [0.2, 0.25) is 17.7 Å². The molecule has 1 aromatic heterocycles. The van der Waals surface area contributed by atoms with Crippen LogP contribution in [0.25, 0.3) is 11.3 Å². The first-order chi connectivity index (χ1) is 28.2. The van der Waals surface area contributed by atoms with Gasteiger partial charge in [-0.25, -0.2) is 0 Å². The Hall–Kier alpha value is -5.29. The third-order valence-corrected chi connectivity index (χ3v) is 13.5. The normalized spacial score (nSPS) is 22.1. The molecule has 304 valence electrons. The minimum absolute atomic E-state index is 0.138. The fraction of sp³-hybridized carbons (Fsp3) is 0.468. The summed E-state index contributed by atoms with van der Waals surface area (Å²) < 4.78 is 0. The Bertz CT molecular complexity index is 2020. The maximum Gasteiger partial charge on any atom is 0.233 e. The molecule has 5 fully saturated rings. The number of rotatable bonds is 8. The Balaban J connectivity index is 0.000000526. The molecule has 3 amide bonds. The highest BCUT2D eigenvalue weighted by Gasteiger charge is 2.50. The molecule has 0 bridgehead atoms. The number of anilines is 2. The van der Waals surface area contributed by atoms with Crippen LogP contribution in [0.5, 0.6) is 5.75 Å². The maximum absolute atomic E-state index is 14.7. The zero-order chi connectivity index (χ0) is 40.1. The molecule has 5 aliphatic heterocycles. The number of phenols is 1. The number of piperidine rings is 3. The van der Waals surface area contributed by atoms with Crippen LogP contribution in [-0.4, -0.2) is 101 Å². The number of carbonyl (C=O) groups excluding carboxylic acids is 3. The summed E-state index contributed by atoms with van der Waals surface area (Å²) in [5.41, 5.74) is 4.61. The molecule has 11 nitrogen and oxygen atoms in total. The van der Waals surface area contributed by atoms with Crippen LogP contribution in [0.15, 0.2) is 97.2 Å². The van der Waals surface area contributed by atoms with Gasteiger partial charge < -0.3 is 19.8 Å². The summed E-state index contributed by atoms with van der Waals surface area (Å²) in [5.74, 6) is 0.978. The van der Waals surface area contributed by atoms with E-state index in [2.05, 4.69) is 96.6 Å².